The fourth-order valence-electron chi connectivity index (χ4n) is 2.08. The number of likely N-dealkylation sites (tertiary alicyclic amines) is 1. The molecule has 1 aliphatic heterocycles. The van der Waals surface area contributed by atoms with E-state index >= 15 is 0 Å². The monoisotopic (exact) mass is 226 g/mol. The summed E-state index contributed by atoms with van der Waals surface area (Å²) in [5.41, 5.74) is 0. The van der Waals surface area contributed by atoms with Crippen LogP contribution in [-0.4, -0.2) is 36.5 Å². The van der Waals surface area contributed by atoms with Crippen LogP contribution in [0.2, 0.25) is 0 Å². The van der Waals surface area contributed by atoms with Crippen molar-refractivity contribution in [1.82, 2.24) is 10.2 Å². The molecule has 0 radical (unpaired) electrons. The van der Waals surface area contributed by atoms with Crippen LogP contribution >= 0.6 is 0 Å². The molecule has 1 N–H and O–H groups in total. The zero-order valence-electron chi connectivity index (χ0n) is 11.0. The molecule has 1 rings (SSSR count). The van der Waals surface area contributed by atoms with Gasteiger partial charge in [-0.2, -0.15) is 0 Å². The van der Waals surface area contributed by atoms with Gasteiger partial charge in [0.2, 0.25) is 5.91 Å². The fraction of sp³-hybridized carbons (Fsp3) is 0.923. The quantitative estimate of drug-likeness (QED) is 0.751. The maximum absolute atomic E-state index is 11.5. The van der Waals surface area contributed by atoms with E-state index < -0.39 is 0 Å². The molecule has 16 heavy (non-hydrogen) atoms. The molecule has 3 nitrogen and oxygen atoms in total. The van der Waals surface area contributed by atoms with E-state index in [1.807, 2.05) is 0 Å². The van der Waals surface area contributed by atoms with Crippen molar-refractivity contribution in [3.8, 4) is 0 Å². The van der Waals surface area contributed by atoms with E-state index in [1.54, 1.807) is 0 Å². The molecule has 3 heteroatoms. The lowest BCUT2D eigenvalue weighted by Gasteiger charge is -2.23. The van der Waals surface area contributed by atoms with Crippen molar-refractivity contribution >= 4 is 5.91 Å². The summed E-state index contributed by atoms with van der Waals surface area (Å²) in [5.74, 6) is 0.821. The summed E-state index contributed by atoms with van der Waals surface area (Å²) in [6.07, 6.45) is 4.28. The molecular weight excluding hydrogens is 200 g/mol. The first-order chi connectivity index (χ1) is 7.59. The zero-order chi connectivity index (χ0) is 12.0. The minimum Gasteiger partial charge on any atom is -0.355 e. The van der Waals surface area contributed by atoms with Crippen molar-refractivity contribution in [2.45, 2.75) is 52.5 Å². The Morgan fingerprint density at radius 1 is 1.25 bits per heavy atom. The molecule has 0 unspecified atom stereocenters. The van der Waals surface area contributed by atoms with Crippen LogP contribution in [-0.2, 0) is 4.79 Å². The Morgan fingerprint density at radius 3 is 2.44 bits per heavy atom. The molecule has 0 spiro atoms. The maximum atomic E-state index is 11.5. The summed E-state index contributed by atoms with van der Waals surface area (Å²) in [5, 5.41) is 3.03. The van der Waals surface area contributed by atoms with E-state index in [1.165, 1.54) is 25.9 Å². The lowest BCUT2D eigenvalue weighted by molar-refractivity contribution is -0.121. The lowest BCUT2D eigenvalue weighted by atomic mass is 10.1. The first kappa shape index (κ1) is 13.5. The van der Waals surface area contributed by atoms with Crippen molar-refractivity contribution < 1.29 is 4.79 Å². The Balaban J connectivity index is 2.10. The van der Waals surface area contributed by atoms with Crippen LogP contribution in [0.4, 0.5) is 0 Å². The second kappa shape index (κ2) is 6.89. The third-order valence-corrected chi connectivity index (χ3v) is 3.31. The van der Waals surface area contributed by atoms with Gasteiger partial charge in [-0.1, -0.05) is 13.8 Å². The van der Waals surface area contributed by atoms with Crippen LogP contribution in [0.5, 0.6) is 0 Å². The minimum atomic E-state index is 0.208. The van der Waals surface area contributed by atoms with Crippen molar-refractivity contribution in [2.75, 3.05) is 19.6 Å². The van der Waals surface area contributed by atoms with Gasteiger partial charge in [0.05, 0.1) is 0 Å². The highest BCUT2D eigenvalue weighted by molar-refractivity contribution is 5.75. The molecule has 0 saturated carbocycles. The molecule has 1 heterocycles. The Labute approximate surface area is 99.6 Å². The summed E-state index contributed by atoms with van der Waals surface area (Å²) in [7, 11) is 0. The highest BCUT2D eigenvalue weighted by Gasteiger charge is 2.18. The summed E-state index contributed by atoms with van der Waals surface area (Å²) in [4.78, 5) is 14.0. The molecule has 0 bridgehead atoms. The molecule has 0 aromatic heterocycles. The van der Waals surface area contributed by atoms with Crippen LogP contribution < -0.4 is 5.32 Å². The van der Waals surface area contributed by atoms with E-state index in [2.05, 4.69) is 31.0 Å². The van der Waals surface area contributed by atoms with Gasteiger partial charge in [-0.25, -0.2) is 0 Å². The van der Waals surface area contributed by atoms with Crippen LogP contribution in [0, 0.1) is 5.92 Å². The first-order valence-corrected chi connectivity index (χ1v) is 6.60. The highest BCUT2D eigenvalue weighted by Crippen LogP contribution is 2.10. The Morgan fingerprint density at radius 2 is 1.88 bits per heavy atom. The van der Waals surface area contributed by atoms with Crippen LogP contribution in [0.15, 0.2) is 0 Å². The summed E-state index contributed by atoms with van der Waals surface area (Å²) in [6.45, 7) is 9.71. The summed E-state index contributed by atoms with van der Waals surface area (Å²) < 4.78 is 0. The number of carbonyl (C=O) groups is 1. The molecule has 1 fully saturated rings. The van der Waals surface area contributed by atoms with Crippen molar-refractivity contribution in [3.05, 3.63) is 0 Å². The first-order valence-electron chi connectivity index (χ1n) is 6.60. The Bertz CT molecular complexity index is 210. The number of rotatable bonds is 6. The number of hydrogen-bond donors (Lipinski definition) is 1. The van der Waals surface area contributed by atoms with Gasteiger partial charge in [-0.3, -0.25) is 9.69 Å². The van der Waals surface area contributed by atoms with Gasteiger partial charge in [-0.15, -0.1) is 0 Å². The van der Waals surface area contributed by atoms with Gasteiger partial charge in [0.1, 0.15) is 0 Å². The van der Waals surface area contributed by atoms with Gasteiger partial charge in [0, 0.05) is 19.0 Å². The Kier molecular flexibility index (Phi) is 5.81. The minimum absolute atomic E-state index is 0.208. The number of hydrogen-bond acceptors (Lipinski definition) is 2. The summed E-state index contributed by atoms with van der Waals surface area (Å²) in [6, 6.07) is 0.491. The second-order valence-electron chi connectivity index (χ2n) is 5.33. The molecular formula is C13H26N2O. The summed E-state index contributed by atoms with van der Waals surface area (Å²) >= 11 is 0. The van der Waals surface area contributed by atoms with E-state index in [0.717, 1.165) is 13.0 Å². The van der Waals surface area contributed by atoms with E-state index in [0.29, 0.717) is 18.4 Å². The van der Waals surface area contributed by atoms with Gasteiger partial charge >= 0.3 is 0 Å². The van der Waals surface area contributed by atoms with E-state index in [-0.39, 0.29) is 5.91 Å². The lowest BCUT2D eigenvalue weighted by Crippen LogP contribution is -2.40. The van der Waals surface area contributed by atoms with Crippen molar-refractivity contribution in [2.24, 2.45) is 5.92 Å². The third-order valence-electron chi connectivity index (χ3n) is 3.31. The zero-order valence-corrected chi connectivity index (χ0v) is 11.0. The number of carbonyl (C=O) groups excluding carboxylic acids is 1. The molecule has 1 saturated heterocycles. The van der Waals surface area contributed by atoms with E-state index in [4.69, 9.17) is 0 Å². The van der Waals surface area contributed by atoms with Gasteiger partial charge in [0.25, 0.3) is 0 Å². The maximum Gasteiger partial charge on any atom is 0.220 e. The second-order valence-corrected chi connectivity index (χ2v) is 5.33. The van der Waals surface area contributed by atoms with Crippen LogP contribution in [0.25, 0.3) is 0 Å². The average Bonchev–Trinajstić information content (AvgIpc) is 2.76. The van der Waals surface area contributed by atoms with Crippen molar-refractivity contribution in [1.29, 1.82) is 0 Å². The highest BCUT2D eigenvalue weighted by atomic mass is 16.1. The predicted octanol–water partition coefficient (Wildman–Crippen LogP) is 2.02. The van der Waals surface area contributed by atoms with Gasteiger partial charge < -0.3 is 5.32 Å². The van der Waals surface area contributed by atoms with Gasteiger partial charge in [0.15, 0.2) is 0 Å². The molecule has 0 aromatic carbocycles. The number of nitrogens with zero attached hydrogens (tertiary/aromatic N) is 1. The molecule has 94 valence electrons. The predicted molar refractivity (Wildman–Crippen MR) is 67.4 cm³/mol. The van der Waals surface area contributed by atoms with Gasteiger partial charge in [-0.05, 0) is 45.2 Å². The normalized spacial score (nSPS) is 19.0. The van der Waals surface area contributed by atoms with Crippen LogP contribution in [0.1, 0.15) is 46.5 Å². The molecule has 1 aliphatic rings. The largest absolute Gasteiger partial charge is 0.355 e. The molecule has 1 amide bonds. The molecule has 0 aliphatic carbocycles. The third kappa shape index (κ3) is 4.97. The number of amides is 1. The SMILES string of the molecule is CC(C)CCC(=O)NC[C@H](C)N1CCCC1. The Hall–Kier alpha value is -0.570. The fourth-order valence-corrected chi connectivity index (χ4v) is 2.08. The standard InChI is InChI=1S/C13H26N2O/c1-11(2)6-7-13(16)14-10-12(3)15-8-4-5-9-15/h11-12H,4-10H2,1-3H3,(H,14,16)/t12-/m0/s1. The van der Waals surface area contributed by atoms with Crippen molar-refractivity contribution in [3.63, 3.8) is 0 Å². The average molecular weight is 226 g/mol. The molecule has 1 atom stereocenters. The number of nitrogens with one attached hydrogen (secondary N) is 1. The topological polar surface area (TPSA) is 32.3 Å². The molecule has 0 aromatic rings. The van der Waals surface area contributed by atoms with E-state index in [9.17, 15) is 4.79 Å². The smallest absolute Gasteiger partial charge is 0.220 e. The van der Waals surface area contributed by atoms with Crippen LogP contribution in [0.3, 0.4) is 0 Å².